The Morgan fingerprint density at radius 3 is 3.08 bits per heavy atom. The zero-order chi connectivity index (χ0) is 8.55. The molecule has 1 aromatic heterocycles. The van der Waals surface area contributed by atoms with Gasteiger partial charge in [-0.25, -0.2) is 4.98 Å². The van der Waals surface area contributed by atoms with Gasteiger partial charge in [-0.3, -0.25) is 0 Å². The van der Waals surface area contributed by atoms with E-state index in [0.29, 0.717) is 0 Å². The molecule has 0 aliphatic carbocycles. The van der Waals surface area contributed by atoms with Crippen LogP contribution in [-0.4, -0.2) is 15.1 Å². The Labute approximate surface area is 83.0 Å². The van der Waals surface area contributed by atoms with Crippen molar-refractivity contribution in [3.63, 3.8) is 0 Å². The van der Waals surface area contributed by atoms with Gasteiger partial charge in [-0.15, -0.1) is 0 Å². The van der Waals surface area contributed by atoms with Gasteiger partial charge in [0.25, 0.3) is 0 Å². The Bertz CT molecular complexity index is 410. The summed E-state index contributed by atoms with van der Waals surface area (Å²) in [7, 11) is 0. The van der Waals surface area contributed by atoms with Crippen LogP contribution in [-0.2, 0) is 6.61 Å². The van der Waals surface area contributed by atoms with Crippen molar-refractivity contribution >= 4 is 33.6 Å². The van der Waals surface area contributed by atoms with Crippen LogP contribution in [0.5, 0.6) is 0 Å². The van der Waals surface area contributed by atoms with E-state index in [-0.39, 0.29) is 6.61 Å². The summed E-state index contributed by atoms with van der Waals surface area (Å²) in [6.45, 7) is 0.0688. The van der Waals surface area contributed by atoms with Crippen molar-refractivity contribution in [3.8, 4) is 0 Å². The normalized spacial score (nSPS) is 10.8. The van der Waals surface area contributed by atoms with Crippen molar-refractivity contribution in [1.29, 1.82) is 0 Å². The maximum absolute atomic E-state index is 8.86. The molecule has 2 rings (SSSR count). The Morgan fingerprint density at radius 1 is 1.50 bits per heavy atom. The summed E-state index contributed by atoms with van der Waals surface area (Å²) in [4.78, 5) is 7.35. The summed E-state index contributed by atoms with van der Waals surface area (Å²) in [6, 6.07) is 5.70. The molecular weight excluding hydrogens is 267 g/mol. The number of aliphatic hydroxyl groups excluding tert-OH is 1. The van der Waals surface area contributed by atoms with E-state index in [1.807, 2.05) is 18.2 Å². The quantitative estimate of drug-likeness (QED) is 0.777. The summed E-state index contributed by atoms with van der Waals surface area (Å²) < 4.78 is 0.873. The van der Waals surface area contributed by atoms with Crippen LogP contribution in [0.15, 0.2) is 18.2 Å². The van der Waals surface area contributed by atoms with Crippen molar-refractivity contribution in [2.24, 2.45) is 0 Å². The Kier molecular flexibility index (Phi) is 2.02. The molecule has 0 fully saturated rings. The first-order valence-electron chi connectivity index (χ1n) is 3.54. The molecule has 1 aromatic carbocycles. The van der Waals surface area contributed by atoms with Gasteiger partial charge >= 0.3 is 0 Å². The van der Waals surface area contributed by atoms with E-state index in [1.54, 1.807) is 0 Å². The third-order valence-corrected chi connectivity index (χ3v) is 2.21. The predicted octanol–water partition coefficient (Wildman–Crippen LogP) is 1.66. The second-order valence-electron chi connectivity index (χ2n) is 2.54. The molecule has 2 aromatic rings. The van der Waals surface area contributed by atoms with E-state index in [4.69, 9.17) is 5.11 Å². The third kappa shape index (κ3) is 1.32. The number of H-pyrrole nitrogens is 1. The minimum Gasteiger partial charge on any atom is -0.392 e. The maximum atomic E-state index is 8.86. The highest BCUT2D eigenvalue weighted by Crippen LogP contribution is 2.14. The molecule has 0 aliphatic rings. The zero-order valence-electron chi connectivity index (χ0n) is 6.21. The number of imidazole rings is 1. The molecule has 0 saturated carbocycles. The van der Waals surface area contributed by atoms with Gasteiger partial charge in [-0.2, -0.15) is 0 Å². The number of rotatable bonds is 1. The first kappa shape index (κ1) is 8.00. The monoisotopic (exact) mass is 274 g/mol. The number of aromatic amines is 1. The van der Waals surface area contributed by atoms with Gasteiger partial charge in [0.15, 0.2) is 3.83 Å². The summed E-state index contributed by atoms with van der Waals surface area (Å²) in [5.74, 6) is 0. The van der Waals surface area contributed by atoms with Gasteiger partial charge in [0.1, 0.15) is 0 Å². The maximum Gasteiger partial charge on any atom is 0.169 e. The van der Waals surface area contributed by atoms with Crippen molar-refractivity contribution in [2.75, 3.05) is 0 Å². The third-order valence-electron chi connectivity index (χ3n) is 1.70. The van der Waals surface area contributed by atoms with Crippen molar-refractivity contribution < 1.29 is 5.11 Å². The number of nitrogens with one attached hydrogen (secondary N) is 1. The largest absolute Gasteiger partial charge is 0.392 e. The fourth-order valence-electron chi connectivity index (χ4n) is 1.12. The number of halogens is 1. The molecule has 2 N–H and O–H groups in total. The fraction of sp³-hybridized carbons (Fsp3) is 0.125. The van der Waals surface area contributed by atoms with Crippen molar-refractivity contribution in [2.45, 2.75) is 6.61 Å². The molecule has 0 aliphatic heterocycles. The Morgan fingerprint density at radius 2 is 2.33 bits per heavy atom. The lowest BCUT2D eigenvalue weighted by Gasteiger charge is -1.93. The lowest BCUT2D eigenvalue weighted by Crippen LogP contribution is -1.81. The van der Waals surface area contributed by atoms with Crippen molar-refractivity contribution in [3.05, 3.63) is 27.6 Å². The van der Waals surface area contributed by atoms with E-state index in [9.17, 15) is 0 Å². The Balaban J connectivity index is 2.66. The van der Waals surface area contributed by atoms with Gasteiger partial charge in [-0.05, 0) is 40.3 Å². The summed E-state index contributed by atoms with van der Waals surface area (Å²) in [5, 5.41) is 8.86. The predicted molar refractivity (Wildman–Crippen MR) is 54.7 cm³/mol. The average molecular weight is 274 g/mol. The lowest BCUT2D eigenvalue weighted by atomic mass is 10.2. The molecule has 0 amide bonds. The number of fused-ring (bicyclic) bond motifs is 1. The molecule has 0 radical (unpaired) electrons. The highest BCUT2D eigenvalue weighted by Gasteiger charge is 1.99. The number of hydrogen-bond donors (Lipinski definition) is 2. The molecule has 0 saturated heterocycles. The fourth-order valence-corrected chi connectivity index (χ4v) is 1.67. The van der Waals surface area contributed by atoms with E-state index >= 15 is 0 Å². The molecule has 4 heteroatoms. The van der Waals surface area contributed by atoms with Crippen LogP contribution in [0.25, 0.3) is 11.0 Å². The van der Waals surface area contributed by atoms with Crippen LogP contribution in [0.2, 0.25) is 0 Å². The average Bonchev–Trinajstić information content (AvgIpc) is 2.43. The van der Waals surface area contributed by atoms with Gasteiger partial charge in [-0.1, -0.05) is 6.07 Å². The van der Waals surface area contributed by atoms with Crippen LogP contribution >= 0.6 is 22.6 Å². The number of hydrogen-bond acceptors (Lipinski definition) is 2. The molecule has 0 atom stereocenters. The molecule has 1 heterocycles. The first-order chi connectivity index (χ1) is 5.79. The lowest BCUT2D eigenvalue weighted by molar-refractivity contribution is 0.282. The van der Waals surface area contributed by atoms with Gasteiger partial charge in [0.05, 0.1) is 17.6 Å². The van der Waals surface area contributed by atoms with E-state index in [2.05, 4.69) is 32.6 Å². The van der Waals surface area contributed by atoms with Gasteiger partial charge in [0, 0.05) is 0 Å². The van der Waals surface area contributed by atoms with E-state index in [1.165, 1.54) is 0 Å². The van der Waals surface area contributed by atoms with Crippen LogP contribution in [0.3, 0.4) is 0 Å². The molecule has 0 spiro atoms. The Hall–Kier alpha value is -0.620. The number of aliphatic hydroxyl groups is 1. The zero-order valence-corrected chi connectivity index (χ0v) is 8.37. The molecule has 0 bridgehead atoms. The topological polar surface area (TPSA) is 48.9 Å². The smallest absolute Gasteiger partial charge is 0.169 e. The van der Waals surface area contributed by atoms with Crippen molar-refractivity contribution in [1.82, 2.24) is 9.97 Å². The van der Waals surface area contributed by atoms with Gasteiger partial charge in [0.2, 0.25) is 0 Å². The molecule has 0 unspecified atom stereocenters. The van der Waals surface area contributed by atoms with Crippen LogP contribution in [0.1, 0.15) is 5.56 Å². The van der Waals surface area contributed by atoms with E-state index < -0.39 is 0 Å². The number of aromatic nitrogens is 2. The minimum atomic E-state index is 0.0688. The number of nitrogens with zero attached hydrogens (tertiary/aromatic N) is 1. The highest BCUT2D eigenvalue weighted by molar-refractivity contribution is 14.1. The molecule has 62 valence electrons. The van der Waals surface area contributed by atoms with Gasteiger partial charge < -0.3 is 10.1 Å². The molecule has 3 nitrogen and oxygen atoms in total. The van der Waals surface area contributed by atoms with Crippen LogP contribution in [0, 0.1) is 3.83 Å². The van der Waals surface area contributed by atoms with Crippen LogP contribution in [0.4, 0.5) is 0 Å². The second-order valence-corrected chi connectivity index (χ2v) is 3.56. The highest BCUT2D eigenvalue weighted by atomic mass is 127. The van der Waals surface area contributed by atoms with E-state index in [0.717, 1.165) is 20.4 Å². The first-order valence-corrected chi connectivity index (χ1v) is 4.62. The minimum absolute atomic E-state index is 0.0688. The molecule has 12 heavy (non-hydrogen) atoms. The SMILES string of the molecule is OCc1ccc2[nH]c(I)nc2c1. The standard InChI is InChI=1S/C8H7IN2O/c9-8-10-6-2-1-5(4-12)3-7(6)11-8/h1-3,12H,4H2,(H,10,11). The summed E-state index contributed by atoms with van der Waals surface area (Å²) >= 11 is 2.13. The summed E-state index contributed by atoms with van der Waals surface area (Å²) in [6.07, 6.45) is 0. The second kappa shape index (κ2) is 3.02. The molecular formula is C8H7IN2O. The number of benzene rings is 1. The van der Waals surface area contributed by atoms with Crippen LogP contribution < -0.4 is 0 Å². The summed E-state index contributed by atoms with van der Waals surface area (Å²) in [5.41, 5.74) is 2.81.